The molecule has 324 valence electrons. The van der Waals surface area contributed by atoms with Crippen LogP contribution in [-0.4, -0.2) is 127 Å². The fraction of sp³-hybridized carbons (Fsp3) is 0.595. The van der Waals surface area contributed by atoms with Crippen molar-refractivity contribution >= 4 is 61.6 Å². The first-order valence-corrected chi connectivity index (χ1v) is 23.8. The van der Waals surface area contributed by atoms with E-state index in [1.165, 1.54) is 11.3 Å². The van der Waals surface area contributed by atoms with Crippen molar-refractivity contribution in [3.63, 3.8) is 0 Å². The summed E-state index contributed by atoms with van der Waals surface area (Å²) in [4.78, 5) is 56.3. The Kier molecular flexibility index (Phi) is 12.2. The summed E-state index contributed by atoms with van der Waals surface area (Å²) in [6.45, 7) is 16.5. The number of fused-ring (bicyclic) bond motifs is 2. The van der Waals surface area contributed by atoms with E-state index in [0.29, 0.717) is 77.3 Å². The number of morpholine rings is 1. The number of carbonyl (C=O) groups excluding carboxylic acids is 3. The zero-order chi connectivity index (χ0) is 42.5. The first kappa shape index (κ1) is 42.8. The number of sulfonamides is 1. The van der Waals surface area contributed by atoms with Gasteiger partial charge in [-0.1, -0.05) is 51.8 Å². The van der Waals surface area contributed by atoms with Crippen LogP contribution >= 0.6 is 22.9 Å². The number of nitrogens with zero attached hydrogens (tertiary/aromatic N) is 4. The van der Waals surface area contributed by atoms with Crippen molar-refractivity contribution < 1.29 is 37.0 Å². The molecule has 3 amide bonds. The molecule has 5 fully saturated rings. The van der Waals surface area contributed by atoms with E-state index in [1.54, 1.807) is 17.0 Å². The van der Waals surface area contributed by atoms with Gasteiger partial charge in [0.1, 0.15) is 51.5 Å². The van der Waals surface area contributed by atoms with Crippen LogP contribution in [0.1, 0.15) is 71.4 Å². The van der Waals surface area contributed by atoms with Gasteiger partial charge >= 0.3 is 0 Å². The van der Waals surface area contributed by atoms with Gasteiger partial charge in [0.2, 0.25) is 21.8 Å². The molecule has 0 radical (unpaired) electrons. The van der Waals surface area contributed by atoms with Crippen molar-refractivity contribution in [2.75, 3.05) is 46.0 Å². The molecular weight excluding hydrogens is 830 g/mol. The number of amides is 3. The monoisotopic (exact) mass is 883 g/mol. The summed E-state index contributed by atoms with van der Waals surface area (Å²) in [5.41, 5.74) is 0.449. The summed E-state index contributed by atoms with van der Waals surface area (Å²) in [6, 6.07) is 3.40. The van der Waals surface area contributed by atoms with E-state index in [4.69, 9.17) is 35.8 Å². The van der Waals surface area contributed by atoms with Crippen LogP contribution in [0.5, 0.6) is 11.5 Å². The minimum atomic E-state index is -3.88. The standard InChI is InChI=1S/C42H54ClN7O8S2/c1-6-24(5)36-40(52)50-30(38(51)47-42(20-25(42)7-2)41(53)48-60(54,55)26-8-9-26)19-34(31(50)21-44-36)58-33-18-28(39-46-29(22-59-39)23(3)4)45-37-27(33)10-11-32(35(37)43)57-17-14-49-12-15-56-16-13-49/h7,10-11,18,22-26,30-31,34,36,44H,2,6,8-9,12-17,19-21H2,1,3-5H3,(H,47,51)(H,48,53)/t24-,25+,30-,31+,34+,36+,42+/m0/s1. The largest absolute Gasteiger partial charge is 0.491 e. The highest BCUT2D eigenvalue weighted by Gasteiger charge is 2.62. The van der Waals surface area contributed by atoms with E-state index in [0.717, 1.165) is 31.7 Å². The number of ether oxygens (including phenoxy) is 3. The maximum atomic E-state index is 14.5. The lowest BCUT2D eigenvalue weighted by atomic mass is 9.94. The second-order valence-electron chi connectivity index (χ2n) is 17.0. The van der Waals surface area contributed by atoms with E-state index in [2.05, 4.69) is 40.7 Å². The van der Waals surface area contributed by atoms with Gasteiger partial charge in [0.15, 0.2) is 0 Å². The molecule has 3 N–H and O–H groups in total. The van der Waals surface area contributed by atoms with Gasteiger partial charge in [-0.15, -0.1) is 17.9 Å². The minimum absolute atomic E-state index is 0.0198. The summed E-state index contributed by atoms with van der Waals surface area (Å²) in [5.74, 6) is -0.938. The van der Waals surface area contributed by atoms with Crippen LogP contribution in [0.2, 0.25) is 5.02 Å². The van der Waals surface area contributed by atoms with E-state index < -0.39 is 62.8 Å². The molecule has 3 aromatic rings. The van der Waals surface area contributed by atoms with Gasteiger partial charge in [-0.3, -0.25) is 24.0 Å². The first-order chi connectivity index (χ1) is 28.7. The molecule has 1 aromatic carbocycles. The minimum Gasteiger partial charge on any atom is -0.491 e. The predicted molar refractivity (Wildman–Crippen MR) is 229 cm³/mol. The number of thiazole rings is 1. The third-order valence-corrected chi connectivity index (χ3v) is 15.7. The van der Waals surface area contributed by atoms with Crippen molar-refractivity contribution in [2.24, 2.45) is 11.8 Å². The average molecular weight is 885 g/mol. The Hall–Kier alpha value is -3.87. The molecule has 8 rings (SSSR count). The molecule has 0 unspecified atom stereocenters. The van der Waals surface area contributed by atoms with Crippen LogP contribution < -0.4 is 24.8 Å². The van der Waals surface area contributed by atoms with Gasteiger partial charge in [0.05, 0.1) is 41.8 Å². The summed E-state index contributed by atoms with van der Waals surface area (Å²) < 4.78 is 46.4. The van der Waals surface area contributed by atoms with Crippen LogP contribution in [0.3, 0.4) is 0 Å². The highest BCUT2D eigenvalue weighted by molar-refractivity contribution is 7.91. The predicted octanol–water partition coefficient (Wildman–Crippen LogP) is 4.25. The summed E-state index contributed by atoms with van der Waals surface area (Å²) >= 11 is 8.58. The zero-order valence-electron chi connectivity index (χ0n) is 34.4. The number of benzene rings is 1. The van der Waals surface area contributed by atoms with Gasteiger partial charge in [0.25, 0.3) is 5.91 Å². The number of nitrogens with one attached hydrogen (secondary N) is 3. The quantitative estimate of drug-likeness (QED) is 0.175. The third kappa shape index (κ3) is 8.37. The molecule has 60 heavy (non-hydrogen) atoms. The van der Waals surface area contributed by atoms with Gasteiger partial charge in [0, 0.05) is 55.4 Å². The fourth-order valence-electron chi connectivity index (χ4n) is 8.47. The van der Waals surface area contributed by atoms with Crippen molar-refractivity contribution in [1.82, 2.24) is 35.1 Å². The molecule has 18 heteroatoms. The van der Waals surface area contributed by atoms with Crippen LogP contribution in [0.15, 0.2) is 36.2 Å². The third-order valence-electron chi connectivity index (χ3n) is 12.6. The normalized spacial score (nSPS) is 27.4. The van der Waals surface area contributed by atoms with Gasteiger partial charge in [-0.05, 0) is 43.2 Å². The van der Waals surface area contributed by atoms with Crippen molar-refractivity contribution in [1.29, 1.82) is 0 Å². The van der Waals surface area contributed by atoms with Gasteiger partial charge in [-0.2, -0.15) is 0 Å². The Labute approximate surface area is 360 Å². The number of aromatic nitrogens is 2. The van der Waals surface area contributed by atoms with Crippen molar-refractivity contribution in [3.05, 3.63) is 47.0 Å². The molecule has 2 aliphatic carbocycles. The highest BCUT2D eigenvalue weighted by Crippen LogP contribution is 2.46. The van der Waals surface area contributed by atoms with Gasteiger partial charge in [-0.25, -0.2) is 18.4 Å². The van der Waals surface area contributed by atoms with E-state index in [1.807, 2.05) is 31.4 Å². The van der Waals surface area contributed by atoms with Crippen LogP contribution in [0, 0.1) is 11.8 Å². The molecular formula is C42H54ClN7O8S2. The van der Waals surface area contributed by atoms with Gasteiger partial charge < -0.3 is 29.7 Å². The number of carbonyl (C=O) groups is 3. The summed E-state index contributed by atoms with van der Waals surface area (Å²) in [7, 11) is -3.88. The Bertz CT molecular complexity index is 2260. The number of piperazine rings is 1. The lowest BCUT2D eigenvalue weighted by Crippen LogP contribution is -2.65. The lowest BCUT2D eigenvalue weighted by Gasteiger charge is -2.41. The van der Waals surface area contributed by atoms with E-state index in [9.17, 15) is 22.8 Å². The fourth-order valence-corrected chi connectivity index (χ4v) is 11.0. The Morgan fingerprint density at radius 3 is 2.62 bits per heavy atom. The Balaban J connectivity index is 1.11. The SMILES string of the molecule is C=C[C@@H]1C[C@]1(NC(=O)[C@@H]1C[C@@H](Oc2cc(-c3nc(C(C)C)cs3)nc3c(Cl)c(OCCN4CCOCC4)ccc23)[C@H]2CN[C@H]([C@@H](C)CC)C(=O)N21)C(=O)NS(=O)(=O)C1CC1. The van der Waals surface area contributed by atoms with Crippen LogP contribution in [0.4, 0.5) is 0 Å². The second kappa shape index (κ2) is 17.1. The Morgan fingerprint density at radius 1 is 1.18 bits per heavy atom. The molecule has 7 atom stereocenters. The number of halogens is 1. The maximum Gasteiger partial charge on any atom is 0.259 e. The molecule has 2 aromatic heterocycles. The lowest BCUT2D eigenvalue weighted by molar-refractivity contribution is -0.146. The summed E-state index contributed by atoms with van der Waals surface area (Å²) in [6.07, 6.45) is 2.87. The molecule has 2 saturated carbocycles. The second-order valence-corrected chi connectivity index (χ2v) is 20.2. The number of hydrogen-bond donors (Lipinski definition) is 3. The van der Waals surface area contributed by atoms with Crippen molar-refractivity contribution in [3.8, 4) is 22.2 Å². The first-order valence-electron chi connectivity index (χ1n) is 21.0. The Morgan fingerprint density at radius 2 is 1.95 bits per heavy atom. The molecule has 0 spiro atoms. The smallest absolute Gasteiger partial charge is 0.259 e. The van der Waals surface area contributed by atoms with E-state index >= 15 is 0 Å². The number of pyridine rings is 1. The molecule has 5 aliphatic rings. The molecule has 0 bridgehead atoms. The molecule has 5 heterocycles. The topological polar surface area (TPSA) is 181 Å². The summed E-state index contributed by atoms with van der Waals surface area (Å²) in [5, 5.41) is 9.35. The molecule has 3 saturated heterocycles. The van der Waals surface area contributed by atoms with Crippen LogP contribution in [0.25, 0.3) is 21.6 Å². The average Bonchev–Trinajstić information content (AvgIpc) is 4.13. The number of hydrogen-bond acceptors (Lipinski definition) is 13. The molecule has 3 aliphatic heterocycles. The maximum absolute atomic E-state index is 14.5. The zero-order valence-corrected chi connectivity index (χ0v) is 36.8. The molecule has 15 nitrogen and oxygen atoms in total. The van der Waals surface area contributed by atoms with E-state index in [-0.39, 0.29) is 30.6 Å². The highest BCUT2D eigenvalue weighted by atomic mass is 35.5. The number of rotatable bonds is 16. The van der Waals surface area contributed by atoms with Crippen molar-refractivity contribution in [2.45, 2.75) is 101 Å². The van der Waals surface area contributed by atoms with Crippen LogP contribution in [-0.2, 0) is 29.1 Å².